The summed E-state index contributed by atoms with van der Waals surface area (Å²) in [6.45, 7) is 4.04. The number of aromatic nitrogens is 3. The molecule has 0 radical (unpaired) electrons. The fraction of sp³-hybridized carbons (Fsp3) is 0.385. The van der Waals surface area contributed by atoms with Crippen LogP contribution in [0.25, 0.3) is 0 Å². The van der Waals surface area contributed by atoms with Crippen molar-refractivity contribution < 1.29 is 9.84 Å². The summed E-state index contributed by atoms with van der Waals surface area (Å²) in [6.07, 6.45) is 1.07. The molecule has 1 heterocycles. The minimum absolute atomic E-state index is 0.333. The molecule has 0 unspecified atom stereocenters. The van der Waals surface area contributed by atoms with Crippen LogP contribution < -0.4 is 4.74 Å². The van der Waals surface area contributed by atoms with Crippen LogP contribution in [-0.4, -0.2) is 19.9 Å². The van der Waals surface area contributed by atoms with E-state index in [2.05, 4.69) is 10.2 Å². The molecule has 1 atom stereocenters. The van der Waals surface area contributed by atoms with E-state index < -0.39 is 6.10 Å². The summed E-state index contributed by atoms with van der Waals surface area (Å²) in [6, 6.07) is 5.75. The summed E-state index contributed by atoms with van der Waals surface area (Å²) in [5.41, 5.74) is 1.87. The Morgan fingerprint density at radius 2 is 2.22 bits per heavy atom. The molecule has 1 aromatic heterocycles. The smallest absolute Gasteiger partial charge is 0.170 e. The molecule has 0 aliphatic rings. The number of nitrogens with zero attached hydrogens (tertiary/aromatic N) is 3. The SMILES string of the molecule is Cc1ccc([C@H](C)O)c(OCc2nncn2C)c1. The van der Waals surface area contributed by atoms with Crippen molar-refractivity contribution in [2.45, 2.75) is 26.6 Å². The van der Waals surface area contributed by atoms with E-state index >= 15 is 0 Å². The first kappa shape index (κ1) is 12.6. The van der Waals surface area contributed by atoms with E-state index in [0.29, 0.717) is 12.4 Å². The number of benzene rings is 1. The molecule has 0 spiro atoms. The van der Waals surface area contributed by atoms with Gasteiger partial charge in [0.25, 0.3) is 0 Å². The molecule has 0 fully saturated rings. The molecule has 18 heavy (non-hydrogen) atoms. The van der Waals surface area contributed by atoms with Crippen LogP contribution in [-0.2, 0) is 13.7 Å². The van der Waals surface area contributed by atoms with Crippen molar-refractivity contribution in [1.29, 1.82) is 0 Å². The van der Waals surface area contributed by atoms with Crippen molar-refractivity contribution in [3.05, 3.63) is 41.5 Å². The summed E-state index contributed by atoms with van der Waals surface area (Å²) in [4.78, 5) is 0. The Kier molecular flexibility index (Phi) is 3.62. The van der Waals surface area contributed by atoms with Crippen LogP contribution in [0.1, 0.15) is 30.0 Å². The molecule has 1 N–H and O–H groups in total. The Morgan fingerprint density at radius 1 is 1.44 bits per heavy atom. The van der Waals surface area contributed by atoms with Crippen LogP contribution in [0, 0.1) is 6.92 Å². The minimum Gasteiger partial charge on any atom is -0.485 e. The molecule has 1 aromatic carbocycles. The van der Waals surface area contributed by atoms with Gasteiger partial charge in [-0.1, -0.05) is 12.1 Å². The normalized spacial score (nSPS) is 12.4. The van der Waals surface area contributed by atoms with Crippen molar-refractivity contribution >= 4 is 0 Å². The lowest BCUT2D eigenvalue weighted by Crippen LogP contribution is -2.05. The predicted molar refractivity (Wildman–Crippen MR) is 67.1 cm³/mol. The third-order valence-corrected chi connectivity index (χ3v) is 2.78. The second-order valence-corrected chi connectivity index (χ2v) is 4.36. The number of aliphatic hydroxyl groups excluding tert-OH is 1. The first-order chi connectivity index (χ1) is 8.58. The van der Waals surface area contributed by atoms with E-state index in [9.17, 15) is 5.11 Å². The lowest BCUT2D eigenvalue weighted by atomic mass is 10.1. The van der Waals surface area contributed by atoms with Crippen LogP contribution in [0.2, 0.25) is 0 Å². The molecule has 0 amide bonds. The van der Waals surface area contributed by atoms with Gasteiger partial charge in [-0.2, -0.15) is 0 Å². The molecule has 96 valence electrons. The molecule has 0 saturated carbocycles. The average Bonchev–Trinajstić information content (AvgIpc) is 2.72. The van der Waals surface area contributed by atoms with E-state index in [0.717, 1.165) is 17.0 Å². The maximum atomic E-state index is 9.69. The highest BCUT2D eigenvalue weighted by molar-refractivity contribution is 5.38. The lowest BCUT2D eigenvalue weighted by Gasteiger charge is -2.13. The number of aryl methyl sites for hydroxylation is 2. The van der Waals surface area contributed by atoms with Crippen LogP contribution in [0.15, 0.2) is 24.5 Å². The van der Waals surface area contributed by atoms with Crippen molar-refractivity contribution in [2.75, 3.05) is 0 Å². The van der Waals surface area contributed by atoms with Crippen molar-refractivity contribution in [3.63, 3.8) is 0 Å². The Labute approximate surface area is 106 Å². The number of aliphatic hydroxyl groups is 1. The molecule has 0 aliphatic carbocycles. The predicted octanol–water partition coefficient (Wildman–Crippen LogP) is 1.76. The highest BCUT2D eigenvalue weighted by atomic mass is 16.5. The minimum atomic E-state index is -0.555. The van der Waals surface area contributed by atoms with Gasteiger partial charge in [-0.25, -0.2) is 0 Å². The van der Waals surface area contributed by atoms with E-state index in [1.54, 1.807) is 17.8 Å². The summed E-state index contributed by atoms with van der Waals surface area (Å²) in [5, 5.41) is 17.4. The third-order valence-electron chi connectivity index (χ3n) is 2.78. The molecule has 5 nitrogen and oxygen atoms in total. The Balaban J connectivity index is 2.18. The van der Waals surface area contributed by atoms with Gasteiger partial charge in [-0.15, -0.1) is 10.2 Å². The fourth-order valence-corrected chi connectivity index (χ4v) is 1.69. The van der Waals surface area contributed by atoms with Gasteiger partial charge in [0.1, 0.15) is 18.7 Å². The average molecular weight is 247 g/mol. The second-order valence-electron chi connectivity index (χ2n) is 4.36. The zero-order chi connectivity index (χ0) is 13.1. The van der Waals surface area contributed by atoms with Gasteiger partial charge in [0.15, 0.2) is 5.82 Å². The topological polar surface area (TPSA) is 60.2 Å². The fourth-order valence-electron chi connectivity index (χ4n) is 1.69. The maximum Gasteiger partial charge on any atom is 0.170 e. The zero-order valence-electron chi connectivity index (χ0n) is 10.8. The first-order valence-electron chi connectivity index (χ1n) is 5.82. The second kappa shape index (κ2) is 5.18. The molecular formula is C13H17N3O2. The number of hydrogen-bond acceptors (Lipinski definition) is 4. The van der Waals surface area contributed by atoms with Crippen LogP contribution in [0.3, 0.4) is 0 Å². The van der Waals surface area contributed by atoms with Gasteiger partial charge in [0.2, 0.25) is 0 Å². The molecule has 2 aromatic rings. The summed E-state index contributed by atoms with van der Waals surface area (Å²) in [5.74, 6) is 1.43. The summed E-state index contributed by atoms with van der Waals surface area (Å²) in [7, 11) is 1.87. The molecule has 0 saturated heterocycles. The molecule has 0 aliphatic heterocycles. The van der Waals surface area contributed by atoms with Gasteiger partial charge >= 0.3 is 0 Å². The Morgan fingerprint density at radius 3 is 2.83 bits per heavy atom. The summed E-state index contributed by atoms with van der Waals surface area (Å²) < 4.78 is 7.52. The van der Waals surface area contributed by atoms with Crippen LogP contribution >= 0.6 is 0 Å². The molecule has 5 heteroatoms. The number of ether oxygens (including phenoxy) is 1. The highest BCUT2D eigenvalue weighted by Gasteiger charge is 2.10. The third kappa shape index (κ3) is 2.68. The maximum absolute atomic E-state index is 9.69. The molecular weight excluding hydrogens is 230 g/mol. The standard InChI is InChI=1S/C13H17N3O2/c1-9-4-5-11(10(2)17)12(6-9)18-7-13-15-14-8-16(13)3/h4-6,8,10,17H,7H2,1-3H3/t10-/m0/s1. The first-order valence-corrected chi connectivity index (χ1v) is 5.82. The van der Waals surface area contributed by atoms with E-state index in [1.165, 1.54) is 0 Å². The van der Waals surface area contributed by atoms with Gasteiger partial charge in [0.05, 0.1) is 6.10 Å². The monoisotopic (exact) mass is 247 g/mol. The van der Waals surface area contributed by atoms with Gasteiger partial charge in [0, 0.05) is 12.6 Å². The van der Waals surface area contributed by atoms with E-state index in [-0.39, 0.29) is 0 Å². The lowest BCUT2D eigenvalue weighted by molar-refractivity contribution is 0.189. The van der Waals surface area contributed by atoms with Gasteiger partial charge < -0.3 is 14.4 Å². The van der Waals surface area contributed by atoms with Gasteiger partial charge in [-0.05, 0) is 25.5 Å². The zero-order valence-corrected chi connectivity index (χ0v) is 10.8. The van der Waals surface area contributed by atoms with E-state index in [4.69, 9.17) is 4.74 Å². The van der Waals surface area contributed by atoms with Gasteiger partial charge in [-0.3, -0.25) is 0 Å². The highest BCUT2D eigenvalue weighted by Crippen LogP contribution is 2.26. The Bertz CT molecular complexity index is 535. The summed E-state index contributed by atoms with van der Waals surface area (Å²) >= 11 is 0. The molecule has 0 bridgehead atoms. The van der Waals surface area contributed by atoms with Crippen molar-refractivity contribution in [2.24, 2.45) is 7.05 Å². The van der Waals surface area contributed by atoms with E-state index in [1.807, 2.05) is 32.2 Å². The van der Waals surface area contributed by atoms with Crippen molar-refractivity contribution in [1.82, 2.24) is 14.8 Å². The quantitative estimate of drug-likeness (QED) is 0.894. The number of hydrogen-bond donors (Lipinski definition) is 1. The van der Waals surface area contributed by atoms with Crippen molar-refractivity contribution in [3.8, 4) is 5.75 Å². The van der Waals surface area contributed by atoms with Crippen LogP contribution in [0.5, 0.6) is 5.75 Å². The van der Waals surface area contributed by atoms with Crippen LogP contribution in [0.4, 0.5) is 0 Å². The largest absolute Gasteiger partial charge is 0.485 e. The Hall–Kier alpha value is -1.88. The number of rotatable bonds is 4. The molecule has 2 rings (SSSR count).